The van der Waals surface area contributed by atoms with E-state index in [1.165, 1.54) is 31.2 Å². The molecule has 88 valence electrons. The van der Waals surface area contributed by atoms with Gasteiger partial charge in [0.2, 0.25) is 0 Å². The number of halogens is 1. The second-order valence-electron chi connectivity index (χ2n) is 5.03. The van der Waals surface area contributed by atoms with Gasteiger partial charge >= 0.3 is 0 Å². The van der Waals surface area contributed by atoms with Crippen molar-refractivity contribution in [2.75, 3.05) is 7.05 Å². The van der Waals surface area contributed by atoms with Crippen LogP contribution in [0.4, 0.5) is 0 Å². The lowest BCUT2D eigenvalue weighted by Crippen LogP contribution is -2.40. The third-order valence-corrected chi connectivity index (χ3v) is 4.21. The number of hydrogen-bond acceptors (Lipinski definition) is 1. The molecule has 1 aromatic rings. The van der Waals surface area contributed by atoms with Crippen molar-refractivity contribution in [2.24, 2.45) is 0 Å². The van der Waals surface area contributed by atoms with E-state index in [0.29, 0.717) is 11.5 Å². The molecule has 1 aliphatic carbocycles. The van der Waals surface area contributed by atoms with Crippen molar-refractivity contribution in [1.82, 2.24) is 5.32 Å². The summed E-state index contributed by atoms with van der Waals surface area (Å²) in [6.45, 7) is 2.26. The minimum atomic E-state index is 0.410. The van der Waals surface area contributed by atoms with Crippen LogP contribution < -0.4 is 5.32 Å². The first-order valence-electron chi connectivity index (χ1n) is 6.10. The summed E-state index contributed by atoms with van der Waals surface area (Å²) in [5.74, 6) is 0. The summed E-state index contributed by atoms with van der Waals surface area (Å²) in [6.07, 6.45) is 5.23. The first kappa shape index (κ1) is 11.9. The third-order valence-electron chi connectivity index (χ3n) is 3.96. The first-order chi connectivity index (χ1) is 7.66. The Morgan fingerprint density at radius 2 is 1.94 bits per heavy atom. The fraction of sp³-hybridized carbons (Fsp3) is 0.571. The lowest BCUT2D eigenvalue weighted by Gasteiger charge is -2.44. The van der Waals surface area contributed by atoms with Gasteiger partial charge in [-0.1, -0.05) is 30.2 Å². The molecule has 0 aromatic heterocycles. The highest BCUT2D eigenvalue weighted by molar-refractivity contribution is 6.30. The molecular weight excluding hydrogens is 218 g/mol. The summed E-state index contributed by atoms with van der Waals surface area (Å²) >= 11 is 5.94. The molecule has 0 amide bonds. The van der Waals surface area contributed by atoms with E-state index in [9.17, 15) is 0 Å². The predicted molar refractivity (Wildman–Crippen MR) is 70.1 cm³/mol. The molecule has 0 aliphatic heterocycles. The molecule has 1 nitrogen and oxygen atoms in total. The lowest BCUT2D eigenvalue weighted by molar-refractivity contribution is 0.206. The van der Waals surface area contributed by atoms with Gasteiger partial charge in [0.15, 0.2) is 0 Å². The maximum absolute atomic E-state index is 5.94. The Morgan fingerprint density at radius 1 is 1.31 bits per heavy atom. The number of benzene rings is 1. The highest BCUT2D eigenvalue weighted by Gasteiger charge is 2.39. The van der Waals surface area contributed by atoms with Crippen LogP contribution in [0.25, 0.3) is 0 Å². The van der Waals surface area contributed by atoms with Crippen molar-refractivity contribution in [2.45, 2.75) is 44.1 Å². The van der Waals surface area contributed by atoms with Gasteiger partial charge in [0.05, 0.1) is 0 Å². The van der Waals surface area contributed by atoms with Gasteiger partial charge in [-0.15, -0.1) is 0 Å². The Balaban J connectivity index is 2.17. The fourth-order valence-corrected chi connectivity index (χ4v) is 2.83. The molecule has 2 heteroatoms. The molecule has 16 heavy (non-hydrogen) atoms. The standard InChI is InChI=1S/C14H20ClN/c1-11(16-2)10-14(8-3-9-14)12-4-6-13(15)7-5-12/h4-7,11,16H,3,8-10H2,1-2H3. The van der Waals surface area contributed by atoms with E-state index in [2.05, 4.69) is 24.4 Å². The summed E-state index contributed by atoms with van der Waals surface area (Å²) < 4.78 is 0. The summed E-state index contributed by atoms with van der Waals surface area (Å²) in [5, 5.41) is 4.18. The minimum absolute atomic E-state index is 0.410. The molecule has 1 aromatic carbocycles. The number of hydrogen-bond donors (Lipinski definition) is 1. The highest BCUT2D eigenvalue weighted by atomic mass is 35.5. The zero-order valence-corrected chi connectivity index (χ0v) is 10.8. The topological polar surface area (TPSA) is 12.0 Å². The molecule has 0 heterocycles. The Morgan fingerprint density at radius 3 is 2.38 bits per heavy atom. The number of rotatable bonds is 4. The van der Waals surface area contributed by atoms with Crippen molar-refractivity contribution in [3.63, 3.8) is 0 Å². The summed E-state index contributed by atoms with van der Waals surface area (Å²) in [4.78, 5) is 0. The van der Waals surface area contributed by atoms with E-state index in [-0.39, 0.29) is 0 Å². The van der Waals surface area contributed by atoms with E-state index < -0.39 is 0 Å². The molecule has 1 N–H and O–H groups in total. The van der Waals surface area contributed by atoms with E-state index >= 15 is 0 Å². The molecule has 0 bridgehead atoms. The quantitative estimate of drug-likeness (QED) is 0.841. The van der Waals surface area contributed by atoms with Crippen LogP contribution in [0.1, 0.15) is 38.2 Å². The maximum Gasteiger partial charge on any atom is 0.0406 e. The van der Waals surface area contributed by atoms with Crippen LogP contribution in [0, 0.1) is 0 Å². The molecular formula is C14H20ClN. The summed E-state index contributed by atoms with van der Waals surface area (Å²) in [5.41, 5.74) is 1.87. The van der Waals surface area contributed by atoms with Gasteiger partial charge in [0, 0.05) is 11.1 Å². The van der Waals surface area contributed by atoms with Gasteiger partial charge in [-0.3, -0.25) is 0 Å². The molecule has 1 fully saturated rings. The van der Waals surface area contributed by atoms with E-state index in [1.807, 2.05) is 19.2 Å². The molecule has 1 unspecified atom stereocenters. The van der Waals surface area contributed by atoms with E-state index in [0.717, 1.165) is 5.02 Å². The Labute approximate surface area is 103 Å². The monoisotopic (exact) mass is 237 g/mol. The zero-order valence-electron chi connectivity index (χ0n) is 10.1. The second kappa shape index (κ2) is 4.77. The Hall–Kier alpha value is -0.530. The fourth-order valence-electron chi connectivity index (χ4n) is 2.71. The highest BCUT2D eigenvalue weighted by Crippen LogP contribution is 2.47. The van der Waals surface area contributed by atoms with Gasteiger partial charge in [-0.2, -0.15) is 0 Å². The Bertz CT molecular complexity index is 340. The van der Waals surface area contributed by atoms with Gasteiger partial charge in [-0.05, 0) is 56.3 Å². The molecule has 1 aliphatic rings. The SMILES string of the molecule is CNC(C)CC1(c2ccc(Cl)cc2)CCC1. The molecule has 0 saturated heterocycles. The Kier molecular flexibility index (Phi) is 3.56. The van der Waals surface area contributed by atoms with Crippen molar-refractivity contribution in [3.8, 4) is 0 Å². The molecule has 2 rings (SSSR count). The second-order valence-corrected chi connectivity index (χ2v) is 5.47. The van der Waals surface area contributed by atoms with Crippen LogP contribution in [0.5, 0.6) is 0 Å². The smallest absolute Gasteiger partial charge is 0.0406 e. The average molecular weight is 238 g/mol. The van der Waals surface area contributed by atoms with E-state index in [1.54, 1.807) is 0 Å². The summed E-state index contributed by atoms with van der Waals surface area (Å²) in [7, 11) is 2.04. The normalized spacial score (nSPS) is 20.2. The predicted octanol–water partition coefficient (Wildman–Crippen LogP) is 3.76. The first-order valence-corrected chi connectivity index (χ1v) is 6.47. The van der Waals surface area contributed by atoms with Gasteiger partial charge in [-0.25, -0.2) is 0 Å². The molecule has 1 atom stereocenters. The van der Waals surface area contributed by atoms with Crippen LogP contribution in [0.2, 0.25) is 5.02 Å². The van der Waals surface area contributed by atoms with Crippen LogP contribution in [0.3, 0.4) is 0 Å². The molecule has 0 radical (unpaired) electrons. The van der Waals surface area contributed by atoms with Crippen LogP contribution in [0.15, 0.2) is 24.3 Å². The lowest BCUT2D eigenvalue weighted by atomic mass is 9.61. The largest absolute Gasteiger partial charge is 0.317 e. The maximum atomic E-state index is 5.94. The molecule has 0 spiro atoms. The zero-order chi connectivity index (χ0) is 11.6. The minimum Gasteiger partial charge on any atom is -0.317 e. The van der Waals surface area contributed by atoms with Crippen molar-refractivity contribution in [3.05, 3.63) is 34.9 Å². The van der Waals surface area contributed by atoms with Crippen LogP contribution in [-0.2, 0) is 5.41 Å². The third kappa shape index (κ3) is 2.26. The summed E-state index contributed by atoms with van der Waals surface area (Å²) in [6, 6.07) is 9.01. The van der Waals surface area contributed by atoms with Crippen molar-refractivity contribution >= 4 is 11.6 Å². The van der Waals surface area contributed by atoms with Gasteiger partial charge < -0.3 is 5.32 Å². The average Bonchev–Trinajstić information content (AvgIpc) is 2.24. The number of nitrogens with one attached hydrogen (secondary N) is 1. The van der Waals surface area contributed by atoms with E-state index in [4.69, 9.17) is 11.6 Å². The van der Waals surface area contributed by atoms with Crippen LogP contribution >= 0.6 is 11.6 Å². The van der Waals surface area contributed by atoms with Crippen molar-refractivity contribution in [1.29, 1.82) is 0 Å². The molecule has 1 saturated carbocycles. The van der Waals surface area contributed by atoms with Gasteiger partial charge in [0.25, 0.3) is 0 Å². The van der Waals surface area contributed by atoms with Gasteiger partial charge in [0.1, 0.15) is 0 Å². The van der Waals surface area contributed by atoms with Crippen LogP contribution in [-0.4, -0.2) is 13.1 Å². The van der Waals surface area contributed by atoms with Crippen molar-refractivity contribution < 1.29 is 0 Å².